The Morgan fingerprint density at radius 2 is 1.92 bits per heavy atom. The van der Waals surface area contributed by atoms with Crippen molar-refractivity contribution in [1.29, 1.82) is 5.41 Å². The van der Waals surface area contributed by atoms with Crippen LogP contribution in [0.1, 0.15) is 5.56 Å². The predicted molar refractivity (Wildman–Crippen MR) is 90.6 cm³/mol. The van der Waals surface area contributed by atoms with E-state index in [-0.39, 0.29) is 22.5 Å². The highest BCUT2D eigenvalue weighted by Crippen LogP contribution is 2.35. The minimum Gasteiger partial charge on any atom is -0.493 e. The van der Waals surface area contributed by atoms with Gasteiger partial charge in [-0.3, -0.25) is 10.2 Å². The van der Waals surface area contributed by atoms with Gasteiger partial charge in [0.15, 0.2) is 17.3 Å². The molecule has 1 N–H and O–H groups in total. The molecule has 0 saturated heterocycles. The molecule has 0 spiro atoms. The normalized spacial score (nSPS) is 18.7. The number of alkyl halides is 3. The Morgan fingerprint density at radius 1 is 1.23 bits per heavy atom. The van der Waals surface area contributed by atoms with Gasteiger partial charge < -0.3 is 9.47 Å². The highest BCUT2D eigenvalue weighted by Gasteiger charge is 2.46. The Bertz CT molecular complexity index is 893. The molecule has 2 aliphatic heterocycles. The molecule has 2 aliphatic rings. The summed E-state index contributed by atoms with van der Waals surface area (Å²) in [5.74, 6) is -0.436. The third-order valence-corrected chi connectivity index (χ3v) is 4.37. The van der Waals surface area contributed by atoms with Crippen LogP contribution in [0.5, 0.6) is 11.5 Å². The molecule has 0 fully saturated rings. The third-order valence-electron chi connectivity index (χ3n) is 3.42. The van der Waals surface area contributed by atoms with Crippen molar-refractivity contribution in [2.45, 2.75) is 6.18 Å². The second kappa shape index (κ2) is 6.48. The number of methoxy groups -OCH3 is 2. The number of hydrazone groups is 1. The summed E-state index contributed by atoms with van der Waals surface area (Å²) in [4.78, 5) is 15.8. The first-order chi connectivity index (χ1) is 12.2. The van der Waals surface area contributed by atoms with Crippen molar-refractivity contribution in [1.82, 2.24) is 5.01 Å². The Balaban J connectivity index is 1.98. The van der Waals surface area contributed by atoms with E-state index in [0.29, 0.717) is 22.1 Å². The number of fused-ring (bicyclic) bond motifs is 1. The summed E-state index contributed by atoms with van der Waals surface area (Å²) in [5, 5.41) is 10.6. The standard InChI is InChI=1S/C15H11F3N4O3S/c1-24-9-4-3-7(6-10(9)25-2)5-8-11(19)22-14(20-12(8)23)26-13(21-22)15(16,17)18/h3-6,19H,1-2H3. The van der Waals surface area contributed by atoms with Crippen molar-refractivity contribution in [3.63, 3.8) is 0 Å². The van der Waals surface area contributed by atoms with Gasteiger partial charge in [0.2, 0.25) is 10.2 Å². The van der Waals surface area contributed by atoms with Crippen LogP contribution in [0.3, 0.4) is 0 Å². The van der Waals surface area contributed by atoms with Crippen LogP contribution in [0.4, 0.5) is 13.2 Å². The molecule has 0 radical (unpaired) electrons. The first kappa shape index (κ1) is 18.0. The average Bonchev–Trinajstić information content (AvgIpc) is 3.02. The van der Waals surface area contributed by atoms with E-state index < -0.39 is 23.0 Å². The lowest BCUT2D eigenvalue weighted by Crippen LogP contribution is -2.35. The predicted octanol–water partition coefficient (Wildman–Crippen LogP) is 2.89. The smallest absolute Gasteiger partial charge is 0.441 e. The minimum atomic E-state index is -4.68. The number of ether oxygens (including phenoxy) is 2. The number of thioether (sulfide) groups is 1. The van der Waals surface area contributed by atoms with E-state index in [1.165, 1.54) is 20.3 Å². The van der Waals surface area contributed by atoms with Gasteiger partial charge in [0, 0.05) is 0 Å². The molecule has 0 saturated carbocycles. The summed E-state index contributed by atoms with van der Waals surface area (Å²) in [6, 6.07) is 4.77. The zero-order valence-electron chi connectivity index (χ0n) is 13.4. The molecule has 1 aromatic rings. The van der Waals surface area contributed by atoms with E-state index in [4.69, 9.17) is 14.9 Å². The van der Waals surface area contributed by atoms with Gasteiger partial charge in [-0.05, 0) is 35.5 Å². The molecule has 1 aromatic carbocycles. The van der Waals surface area contributed by atoms with Gasteiger partial charge in [-0.1, -0.05) is 6.07 Å². The molecular weight excluding hydrogens is 373 g/mol. The van der Waals surface area contributed by atoms with Crippen molar-refractivity contribution < 1.29 is 27.4 Å². The van der Waals surface area contributed by atoms with Gasteiger partial charge in [-0.15, -0.1) is 0 Å². The van der Waals surface area contributed by atoms with Crippen LogP contribution < -0.4 is 9.47 Å². The number of carbonyl (C=O) groups excluding carboxylic acids is 1. The Hall–Kier alpha value is -2.82. The molecule has 0 bridgehead atoms. The van der Waals surface area contributed by atoms with Crippen LogP contribution in [0.2, 0.25) is 0 Å². The number of hydrogen-bond donors (Lipinski definition) is 1. The Kier molecular flexibility index (Phi) is 4.48. The molecule has 26 heavy (non-hydrogen) atoms. The lowest BCUT2D eigenvalue weighted by Gasteiger charge is -2.20. The van der Waals surface area contributed by atoms with Crippen LogP contribution in [0.15, 0.2) is 33.9 Å². The van der Waals surface area contributed by atoms with Crippen LogP contribution in [-0.2, 0) is 4.79 Å². The number of carbonyl (C=O) groups is 1. The van der Waals surface area contributed by atoms with Crippen LogP contribution >= 0.6 is 11.8 Å². The molecule has 7 nitrogen and oxygen atoms in total. The van der Waals surface area contributed by atoms with Crippen molar-refractivity contribution >= 4 is 39.8 Å². The number of nitrogens with zero attached hydrogens (tertiary/aromatic N) is 3. The number of benzene rings is 1. The second-order valence-corrected chi connectivity index (χ2v) is 5.99. The maximum Gasteiger partial charge on any atom is 0.441 e. The van der Waals surface area contributed by atoms with E-state index >= 15 is 0 Å². The molecule has 0 atom stereocenters. The third kappa shape index (κ3) is 3.17. The number of nitrogens with one attached hydrogen (secondary N) is 1. The maximum atomic E-state index is 12.8. The van der Waals surface area contributed by atoms with Crippen LogP contribution in [-0.4, -0.2) is 47.4 Å². The van der Waals surface area contributed by atoms with Crippen molar-refractivity contribution in [3.8, 4) is 11.5 Å². The molecule has 1 amide bonds. The number of hydrogen-bond acceptors (Lipinski definition) is 6. The first-order valence-corrected chi connectivity index (χ1v) is 7.85. The Morgan fingerprint density at radius 3 is 2.54 bits per heavy atom. The summed E-state index contributed by atoms with van der Waals surface area (Å²) < 4.78 is 48.7. The van der Waals surface area contributed by atoms with Gasteiger partial charge in [0.05, 0.1) is 19.8 Å². The number of amidine groups is 2. The highest BCUT2D eigenvalue weighted by atomic mass is 32.2. The molecule has 136 valence electrons. The van der Waals surface area contributed by atoms with E-state index in [2.05, 4.69) is 10.1 Å². The van der Waals surface area contributed by atoms with Crippen LogP contribution in [0.25, 0.3) is 6.08 Å². The van der Waals surface area contributed by atoms with E-state index in [9.17, 15) is 18.0 Å². The topological polar surface area (TPSA) is 87.3 Å². The van der Waals surface area contributed by atoms with Gasteiger partial charge in [0.25, 0.3) is 5.91 Å². The SMILES string of the molecule is COc1ccc(C=C2C(=N)N3N=C(C(F)(F)F)SC3=NC2=O)cc1OC. The number of rotatable bonds is 3. The fourth-order valence-electron chi connectivity index (χ4n) is 2.22. The van der Waals surface area contributed by atoms with E-state index in [0.717, 1.165) is 0 Å². The molecular formula is C15H11F3N4O3S. The fourth-order valence-corrected chi connectivity index (χ4v) is 2.97. The molecule has 3 rings (SSSR count). The molecule has 0 aromatic heterocycles. The molecule has 11 heteroatoms. The number of halogens is 3. The minimum absolute atomic E-state index is 0.186. The molecule has 2 heterocycles. The summed E-state index contributed by atoms with van der Waals surface area (Å²) in [6.45, 7) is 0. The fraction of sp³-hybridized carbons (Fsp3) is 0.200. The lowest BCUT2D eigenvalue weighted by molar-refractivity contribution is -0.114. The zero-order valence-corrected chi connectivity index (χ0v) is 14.2. The first-order valence-electron chi connectivity index (χ1n) is 7.04. The Labute approximate surface area is 149 Å². The van der Waals surface area contributed by atoms with Crippen molar-refractivity contribution in [2.75, 3.05) is 14.2 Å². The van der Waals surface area contributed by atoms with Gasteiger partial charge in [-0.2, -0.15) is 28.3 Å². The number of aliphatic imine (C=N–C) groups is 1. The van der Waals surface area contributed by atoms with E-state index in [1.54, 1.807) is 18.2 Å². The quantitative estimate of drug-likeness (QED) is 0.810. The molecule has 0 unspecified atom stereocenters. The maximum absolute atomic E-state index is 12.8. The van der Waals surface area contributed by atoms with Gasteiger partial charge >= 0.3 is 6.18 Å². The second-order valence-electron chi connectivity index (χ2n) is 5.04. The van der Waals surface area contributed by atoms with E-state index in [1.807, 2.05) is 0 Å². The van der Waals surface area contributed by atoms with Gasteiger partial charge in [0.1, 0.15) is 0 Å². The summed E-state index contributed by atoms with van der Waals surface area (Å²) >= 11 is 0.204. The summed E-state index contributed by atoms with van der Waals surface area (Å²) in [5.41, 5.74) is 0.301. The molecule has 0 aliphatic carbocycles. The lowest BCUT2D eigenvalue weighted by atomic mass is 10.1. The average molecular weight is 384 g/mol. The monoisotopic (exact) mass is 384 g/mol. The largest absolute Gasteiger partial charge is 0.493 e. The summed E-state index contributed by atoms with van der Waals surface area (Å²) in [6.07, 6.45) is -3.35. The van der Waals surface area contributed by atoms with Gasteiger partial charge in [-0.25, -0.2) is 0 Å². The summed E-state index contributed by atoms with van der Waals surface area (Å²) in [7, 11) is 2.90. The number of amides is 1. The highest BCUT2D eigenvalue weighted by molar-refractivity contribution is 8.27. The van der Waals surface area contributed by atoms with Crippen molar-refractivity contribution in [3.05, 3.63) is 29.3 Å². The van der Waals surface area contributed by atoms with Crippen LogP contribution in [0, 0.1) is 5.41 Å². The van der Waals surface area contributed by atoms with Crippen molar-refractivity contribution in [2.24, 2.45) is 10.1 Å². The zero-order chi connectivity index (χ0) is 19.1.